The van der Waals surface area contributed by atoms with E-state index in [9.17, 15) is 14.0 Å². The van der Waals surface area contributed by atoms with Crippen LogP contribution in [-0.2, 0) is 11.3 Å². The Hall–Kier alpha value is -4.12. The van der Waals surface area contributed by atoms with Crippen LogP contribution in [0.3, 0.4) is 0 Å². The topological polar surface area (TPSA) is 124 Å². The summed E-state index contributed by atoms with van der Waals surface area (Å²) >= 11 is 1.09. The van der Waals surface area contributed by atoms with Gasteiger partial charge >= 0.3 is 5.97 Å². The summed E-state index contributed by atoms with van der Waals surface area (Å²) in [5, 5.41) is 11.2. The summed E-state index contributed by atoms with van der Waals surface area (Å²) in [5.41, 5.74) is 1.78. The van der Waals surface area contributed by atoms with Gasteiger partial charge in [-0.15, -0.1) is 0 Å². The van der Waals surface area contributed by atoms with Gasteiger partial charge in [0, 0.05) is 30.4 Å². The molecule has 2 N–H and O–H groups in total. The van der Waals surface area contributed by atoms with Crippen molar-refractivity contribution in [1.29, 1.82) is 0 Å². The quantitative estimate of drug-likeness (QED) is 0.415. The number of pyridine rings is 1. The van der Waals surface area contributed by atoms with Crippen LogP contribution >= 0.6 is 11.7 Å². The minimum absolute atomic E-state index is 0.0789. The van der Waals surface area contributed by atoms with Crippen molar-refractivity contribution in [3.8, 4) is 17.4 Å². The number of benzene rings is 2. The van der Waals surface area contributed by atoms with Crippen LogP contribution in [0.2, 0.25) is 0 Å². The van der Waals surface area contributed by atoms with E-state index in [2.05, 4.69) is 19.0 Å². The lowest BCUT2D eigenvalue weighted by atomic mass is 10.2. The Morgan fingerprint density at radius 2 is 1.88 bits per heavy atom. The molecule has 0 atom stereocenters. The Bertz CT molecular complexity index is 1300. The highest BCUT2D eigenvalue weighted by atomic mass is 32.1. The molecule has 1 amide bonds. The average Bonchev–Trinajstić information content (AvgIpc) is 3.25. The maximum Gasteiger partial charge on any atom is 0.341 e. The second-order valence-electron chi connectivity index (χ2n) is 6.49. The van der Waals surface area contributed by atoms with Gasteiger partial charge in [0.15, 0.2) is 6.61 Å². The van der Waals surface area contributed by atoms with Crippen LogP contribution in [0, 0.1) is 5.82 Å². The molecule has 0 saturated carbocycles. The Kier molecular flexibility index (Phi) is 6.17. The van der Waals surface area contributed by atoms with Crippen LogP contribution in [0.1, 0.15) is 15.9 Å². The van der Waals surface area contributed by atoms with E-state index < -0.39 is 24.3 Å². The van der Waals surface area contributed by atoms with E-state index >= 15 is 0 Å². The highest BCUT2D eigenvalue weighted by molar-refractivity contribution is 7.00. The number of carbonyl (C=O) groups is 2. The lowest BCUT2D eigenvalue weighted by Crippen LogP contribution is -2.24. The number of nitrogens with zero attached hydrogens (tertiary/aromatic N) is 3. The third-order valence-electron chi connectivity index (χ3n) is 4.28. The number of hydrogen-bond donors (Lipinski definition) is 2. The van der Waals surface area contributed by atoms with E-state index in [1.54, 1.807) is 30.3 Å². The third-order valence-corrected chi connectivity index (χ3v) is 4.84. The first-order valence-corrected chi connectivity index (χ1v) is 9.99. The number of halogens is 1. The van der Waals surface area contributed by atoms with Gasteiger partial charge in [0.1, 0.15) is 33.9 Å². The summed E-state index contributed by atoms with van der Waals surface area (Å²) in [6.45, 7) is -0.681. The predicted octanol–water partition coefficient (Wildman–Crippen LogP) is 3.41. The van der Waals surface area contributed by atoms with Crippen LogP contribution in [0.4, 0.5) is 4.39 Å². The molecule has 11 heteroatoms. The second-order valence-corrected chi connectivity index (χ2v) is 7.02. The monoisotopic (exact) mass is 454 g/mol. The van der Waals surface area contributed by atoms with E-state index in [0.29, 0.717) is 11.3 Å². The molecule has 0 unspecified atom stereocenters. The van der Waals surface area contributed by atoms with Gasteiger partial charge in [-0.25, -0.2) is 14.2 Å². The van der Waals surface area contributed by atoms with E-state index in [1.807, 2.05) is 0 Å². The van der Waals surface area contributed by atoms with E-state index in [1.165, 1.54) is 18.3 Å². The molecule has 2 aromatic carbocycles. The highest BCUT2D eigenvalue weighted by Gasteiger charge is 2.16. The molecule has 0 fully saturated rings. The molecular weight excluding hydrogens is 439 g/mol. The summed E-state index contributed by atoms with van der Waals surface area (Å²) in [4.78, 5) is 27.4. The number of ether oxygens (including phenoxy) is 2. The SMILES string of the molecule is O=C(O)COc1ccc(CNC(=O)c2cccnc2Oc2ccc3nsnc3c2)c(F)c1. The molecule has 2 heterocycles. The number of nitrogens with one attached hydrogen (secondary N) is 1. The van der Waals surface area contributed by atoms with E-state index in [-0.39, 0.29) is 29.3 Å². The fourth-order valence-corrected chi connectivity index (χ4v) is 3.28. The van der Waals surface area contributed by atoms with Crippen LogP contribution < -0.4 is 14.8 Å². The van der Waals surface area contributed by atoms with Gasteiger partial charge in [-0.2, -0.15) is 8.75 Å². The van der Waals surface area contributed by atoms with Gasteiger partial charge in [-0.3, -0.25) is 4.79 Å². The number of carboxylic acids is 1. The second kappa shape index (κ2) is 9.35. The highest BCUT2D eigenvalue weighted by Crippen LogP contribution is 2.26. The van der Waals surface area contributed by atoms with Gasteiger partial charge in [0.05, 0.1) is 11.7 Å². The molecule has 0 aliphatic heterocycles. The lowest BCUT2D eigenvalue weighted by molar-refractivity contribution is -0.139. The maximum atomic E-state index is 14.3. The van der Waals surface area contributed by atoms with Crippen molar-refractivity contribution in [3.05, 3.63) is 71.7 Å². The van der Waals surface area contributed by atoms with Gasteiger partial charge in [-0.1, -0.05) is 6.07 Å². The van der Waals surface area contributed by atoms with Gasteiger partial charge in [0.25, 0.3) is 5.91 Å². The summed E-state index contributed by atoms with van der Waals surface area (Å²) in [6.07, 6.45) is 1.49. The van der Waals surface area contributed by atoms with Crippen molar-refractivity contribution in [2.24, 2.45) is 0 Å². The summed E-state index contributed by atoms with van der Waals surface area (Å²) < 4.78 is 33.3. The normalized spacial score (nSPS) is 10.7. The smallest absolute Gasteiger partial charge is 0.341 e. The predicted molar refractivity (Wildman–Crippen MR) is 112 cm³/mol. The first-order valence-electron chi connectivity index (χ1n) is 9.26. The summed E-state index contributed by atoms with van der Waals surface area (Å²) in [5.74, 6) is -1.70. The molecule has 0 spiro atoms. The van der Waals surface area contributed by atoms with Crippen LogP contribution in [0.15, 0.2) is 54.7 Å². The third kappa shape index (κ3) is 4.95. The minimum Gasteiger partial charge on any atom is -0.482 e. The van der Waals surface area contributed by atoms with Gasteiger partial charge < -0.3 is 19.9 Å². The molecule has 0 bridgehead atoms. The summed E-state index contributed by atoms with van der Waals surface area (Å²) in [7, 11) is 0. The van der Waals surface area contributed by atoms with Crippen LogP contribution in [0.25, 0.3) is 11.0 Å². The largest absolute Gasteiger partial charge is 0.482 e. The fourth-order valence-electron chi connectivity index (χ4n) is 2.76. The number of hydrogen-bond acceptors (Lipinski definition) is 8. The van der Waals surface area contributed by atoms with E-state index in [0.717, 1.165) is 23.3 Å². The summed E-state index contributed by atoms with van der Waals surface area (Å²) in [6, 6.07) is 12.2. The first-order chi connectivity index (χ1) is 15.5. The van der Waals surface area contributed by atoms with Gasteiger partial charge in [-0.05, 0) is 30.3 Å². The number of aliphatic carboxylic acids is 1. The first kappa shape index (κ1) is 21.1. The number of carboxylic acid groups (broad SMARTS) is 1. The lowest BCUT2D eigenvalue weighted by Gasteiger charge is -2.11. The van der Waals surface area contributed by atoms with Crippen LogP contribution in [0.5, 0.6) is 17.4 Å². The zero-order valence-electron chi connectivity index (χ0n) is 16.3. The molecule has 162 valence electrons. The Balaban J connectivity index is 1.44. The van der Waals surface area contributed by atoms with Crippen molar-refractivity contribution < 1.29 is 28.6 Å². The number of carbonyl (C=O) groups excluding carboxylic acids is 1. The van der Waals surface area contributed by atoms with Crippen molar-refractivity contribution >= 4 is 34.6 Å². The Morgan fingerprint density at radius 3 is 2.69 bits per heavy atom. The molecule has 0 aliphatic carbocycles. The number of amides is 1. The van der Waals surface area contributed by atoms with Gasteiger partial charge in [0.2, 0.25) is 5.88 Å². The fraction of sp³-hybridized carbons (Fsp3) is 0.0952. The molecule has 4 rings (SSSR count). The zero-order chi connectivity index (χ0) is 22.5. The van der Waals surface area contributed by atoms with Crippen molar-refractivity contribution in [2.75, 3.05) is 6.61 Å². The molecule has 0 radical (unpaired) electrons. The molecule has 9 nitrogen and oxygen atoms in total. The van der Waals surface area contributed by atoms with Crippen LogP contribution in [-0.4, -0.2) is 37.3 Å². The van der Waals surface area contributed by atoms with Crippen molar-refractivity contribution in [3.63, 3.8) is 0 Å². The molecular formula is C21H15FN4O5S. The average molecular weight is 454 g/mol. The molecule has 32 heavy (non-hydrogen) atoms. The Morgan fingerprint density at radius 1 is 1.06 bits per heavy atom. The number of fused-ring (bicyclic) bond motifs is 1. The molecule has 4 aromatic rings. The minimum atomic E-state index is -1.17. The molecule has 0 saturated heterocycles. The number of aromatic nitrogens is 3. The standard InChI is InChI=1S/C21H15FN4O5S/c22-16-8-13(30-11-19(27)28)4-3-12(16)10-24-20(29)15-2-1-7-23-21(15)31-14-5-6-17-18(9-14)26-32-25-17/h1-9H,10-11H2,(H,24,29)(H,27,28). The van der Waals surface area contributed by atoms with E-state index in [4.69, 9.17) is 14.6 Å². The molecule has 2 aromatic heterocycles. The van der Waals surface area contributed by atoms with Crippen molar-refractivity contribution in [2.45, 2.75) is 6.54 Å². The van der Waals surface area contributed by atoms with Crippen molar-refractivity contribution in [1.82, 2.24) is 19.0 Å². The molecule has 0 aliphatic rings. The Labute approximate surface area is 184 Å². The number of rotatable bonds is 8. The zero-order valence-corrected chi connectivity index (χ0v) is 17.1. The maximum absolute atomic E-state index is 14.3.